The lowest BCUT2D eigenvalue weighted by Crippen LogP contribution is -2.54. The van der Waals surface area contributed by atoms with E-state index in [1.54, 1.807) is 36.5 Å². The third kappa shape index (κ3) is 5.25. The maximum absolute atomic E-state index is 13.9. The van der Waals surface area contributed by atoms with Gasteiger partial charge < -0.3 is 9.47 Å². The van der Waals surface area contributed by atoms with E-state index in [0.717, 1.165) is 10.8 Å². The molecule has 6 aromatic rings. The fraction of sp³-hybridized carbons (Fsp3) is 0.0294. The van der Waals surface area contributed by atoms with Crippen molar-refractivity contribution in [3.63, 3.8) is 0 Å². The van der Waals surface area contributed by atoms with Crippen LogP contribution >= 0.6 is 12.2 Å². The number of carbonyl (C=O) groups excluding carboxylic acids is 2. The fourth-order valence-electron chi connectivity index (χ4n) is 4.98. The van der Waals surface area contributed by atoms with Crippen molar-refractivity contribution in [1.82, 2.24) is 19.7 Å². The van der Waals surface area contributed by atoms with Gasteiger partial charge in [0.2, 0.25) is 5.78 Å². The zero-order chi connectivity index (χ0) is 30.0. The Morgan fingerprint density at radius 1 is 0.864 bits per heavy atom. The molecule has 1 N–H and O–H groups in total. The molecule has 0 spiro atoms. The number of carbonyl (C=O) groups is 2. The highest BCUT2D eigenvalue weighted by atomic mass is 32.1. The molecule has 2 amide bonds. The molecule has 0 radical (unpaired) electrons. The lowest BCUT2D eigenvalue weighted by Gasteiger charge is -2.29. The van der Waals surface area contributed by atoms with Crippen LogP contribution in [0.2, 0.25) is 0 Å². The van der Waals surface area contributed by atoms with Crippen molar-refractivity contribution in [1.29, 1.82) is 0 Å². The summed E-state index contributed by atoms with van der Waals surface area (Å²) in [6, 6.07) is 29.6. The Bertz CT molecular complexity index is 2060. The first-order valence-corrected chi connectivity index (χ1v) is 14.1. The molecular formula is C34H23N5O4S. The van der Waals surface area contributed by atoms with Gasteiger partial charge in [0.1, 0.15) is 29.4 Å². The van der Waals surface area contributed by atoms with Crippen LogP contribution in [0.25, 0.3) is 22.6 Å². The van der Waals surface area contributed by atoms with Gasteiger partial charge in [-0.05, 0) is 77.6 Å². The molecule has 7 rings (SSSR count). The molecule has 0 unspecified atom stereocenters. The predicted molar refractivity (Wildman–Crippen MR) is 170 cm³/mol. The van der Waals surface area contributed by atoms with Crippen molar-refractivity contribution in [2.45, 2.75) is 6.61 Å². The number of amides is 2. The Morgan fingerprint density at radius 2 is 1.64 bits per heavy atom. The van der Waals surface area contributed by atoms with E-state index in [1.165, 1.54) is 4.90 Å². The van der Waals surface area contributed by atoms with Gasteiger partial charge in [0.05, 0.1) is 11.4 Å². The topological polar surface area (TPSA) is 98.1 Å². The Balaban J connectivity index is 1.21. The predicted octanol–water partition coefficient (Wildman–Crippen LogP) is 6.09. The molecule has 0 atom stereocenters. The first kappa shape index (κ1) is 27.0. The van der Waals surface area contributed by atoms with Gasteiger partial charge in [-0.2, -0.15) is 0 Å². The number of hydrogen-bond donors (Lipinski definition) is 1. The molecule has 1 aliphatic rings. The molecule has 0 saturated carbocycles. The molecule has 0 bridgehead atoms. The number of para-hydroxylation sites is 1. The van der Waals surface area contributed by atoms with Crippen LogP contribution in [0, 0.1) is 0 Å². The number of fused-ring (bicyclic) bond motifs is 2. The van der Waals surface area contributed by atoms with Gasteiger partial charge in [-0.25, -0.2) is 9.97 Å². The second-order valence-electron chi connectivity index (χ2n) is 9.91. The molecule has 44 heavy (non-hydrogen) atoms. The smallest absolute Gasteiger partial charge is 0.270 e. The summed E-state index contributed by atoms with van der Waals surface area (Å²) >= 11 is 5.42. The van der Waals surface area contributed by atoms with Gasteiger partial charge in [0.25, 0.3) is 11.8 Å². The van der Waals surface area contributed by atoms with E-state index in [4.69, 9.17) is 21.7 Å². The van der Waals surface area contributed by atoms with E-state index in [9.17, 15) is 9.59 Å². The van der Waals surface area contributed by atoms with Gasteiger partial charge in [0.15, 0.2) is 5.11 Å². The summed E-state index contributed by atoms with van der Waals surface area (Å²) in [5.41, 5.74) is 1.67. The number of aromatic nitrogens is 3. The maximum Gasteiger partial charge on any atom is 0.270 e. The van der Waals surface area contributed by atoms with Crippen LogP contribution in [0.4, 0.5) is 5.69 Å². The number of thiocarbonyl (C=S) groups is 1. The number of imidazole rings is 1. The molecule has 0 aliphatic carbocycles. The van der Waals surface area contributed by atoms with Crippen molar-refractivity contribution in [2.24, 2.45) is 0 Å². The Hall–Kier alpha value is -5.87. The second-order valence-corrected chi connectivity index (χ2v) is 10.3. The first-order chi connectivity index (χ1) is 21.5. The van der Waals surface area contributed by atoms with E-state index in [0.29, 0.717) is 40.0 Å². The summed E-state index contributed by atoms with van der Waals surface area (Å²) < 4.78 is 13.9. The fourth-order valence-corrected chi connectivity index (χ4v) is 5.26. The third-order valence-corrected chi connectivity index (χ3v) is 7.34. The minimum Gasteiger partial charge on any atom is -0.487 e. The van der Waals surface area contributed by atoms with Crippen LogP contribution in [-0.2, 0) is 16.2 Å². The third-order valence-electron chi connectivity index (χ3n) is 7.06. The summed E-state index contributed by atoms with van der Waals surface area (Å²) in [5.74, 6) is 1.18. The normalized spacial score (nSPS) is 14.3. The Kier molecular flexibility index (Phi) is 7.01. The van der Waals surface area contributed by atoms with Crippen LogP contribution in [0.1, 0.15) is 11.3 Å². The SMILES string of the molecule is O=C1NC(=S)N(c2ccc(Oc3ccccc3)cc2)C(=O)/C1=C\c1c(OCc2cn3cccnc3n2)ccc2ccccc12. The summed E-state index contributed by atoms with van der Waals surface area (Å²) in [4.78, 5) is 37.1. The second kappa shape index (κ2) is 11.4. The summed E-state index contributed by atoms with van der Waals surface area (Å²) in [6.07, 6.45) is 6.93. The van der Waals surface area contributed by atoms with Gasteiger partial charge >= 0.3 is 0 Å². The number of hydrogen-bond acceptors (Lipinski definition) is 7. The Morgan fingerprint density at radius 3 is 2.45 bits per heavy atom. The molecule has 4 aromatic carbocycles. The molecule has 214 valence electrons. The number of rotatable bonds is 7. The zero-order valence-corrected chi connectivity index (χ0v) is 23.9. The monoisotopic (exact) mass is 597 g/mol. The number of benzene rings is 4. The zero-order valence-electron chi connectivity index (χ0n) is 23.1. The number of nitrogens with zero attached hydrogens (tertiary/aromatic N) is 4. The molecule has 2 aromatic heterocycles. The standard InChI is InChI=1S/C34H23N5O4S/c40-31-29(32(41)39(34(44)37-31)24-12-14-26(15-13-24)43-25-8-2-1-3-9-25)19-28-27-10-5-4-7-22(27)11-16-30(28)42-21-23-20-38-18-6-17-35-33(38)36-23/h1-20H,21H2,(H,37,40,44)/b29-19-. The van der Waals surface area contributed by atoms with Crippen molar-refractivity contribution in [3.05, 3.63) is 132 Å². The van der Waals surface area contributed by atoms with Gasteiger partial charge in [-0.3, -0.25) is 24.2 Å². The van der Waals surface area contributed by atoms with Crippen molar-refractivity contribution in [2.75, 3.05) is 4.90 Å². The van der Waals surface area contributed by atoms with Crippen LogP contribution in [-0.4, -0.2) is 31.3 Å². The minimum absolute atomic E-state index is 0.0104. The van der Waals surface area contributed by atoms with Gasteiger partial charge in [0, 0.05) is 24.2 Å². The minimum atomic E-state index is -0.592. The molecule has 1 saturated heterocycles. The highest BCUT2D eigenvalue weighted by Crippen LogP contribution is 2.33. The maximum atomic E-state index is 13.9. The van der Waals surface area contributed by atoms with Crippen LogP contribution < -0.4 is 19.7 Å². The van der Waals surface area contributed by atoms with Crippen LogP contribution in [0.15, 0.2) is 121 Å². The van der Waals surface area contributed by atoms with Gasteiger partial charge in [-0.15, -0.1) is 0 Å². The Labute approximate surface area is 257 Å². The summed E-state index contributed by atoms with van der Waals surface area (Å²) in [7, 11) is 0. The number of anilines is 1. The molecular weight excluding hydrogens is 574 g/mol. The van der Waals surface area contributed by atoms with E-state index in [1.807, 2.05) is 89.6 Å². The van der Waals surface area contributed by atoms with Crippen LogP contribution in [0.5, 0.6) is 17.2 Å². The molecule has 9 nitrogen and oxygen atoms in total. The summed E-state index contributed by atoms with van der Waals surface area (Å²) in [6.45, 7) is 0.158. The number of ether oxygens (including phenoxy) is 2. The lowest BCUT2D eigenvalue weighted by atomic mass is 9.99. The largest absolute Gasteiger partial charge is 0.487 e. The quantitative estimate of drug-likeness (QED) is 0.135. The average molecular weight is 598 g/mol. The molecule has 1 aliphatic heterocycles. The average Bonchev–Trinajstić information content (AvgIpc) is 3.47. The summed E-state index contributed by atoms with van der Waals surface area (Å²) in [5, 5.41) is 4.39. The van der Waals surface area contributed by atoms with Crippen LogP contribution in [0.3, 0.4) is 0 Å². The van der Waals surface area contributed by atoms with E-state index >= 15 is 0 Å². The number of nitrogens with one attached hydrogen (secondary N) is 1. The highest BCUT2D eigenvalue weighted by Gasteiger charge is 2.35. The lowest BCUT2D eigenvalue weighted by molar-refractivity contribution is -0.122. The highest BCUT2D eigenvalue weighted by molar-refractivity contribution is 7.80. The molecule has 1 fully saturated rings. The van der Waals surface area contributed by atoms with Crippen molar-refractivity contribution in [3.8, 4) is 17.2 Å². The van der Waals surface area contributed by atoms with Crippen molar-refractivity contribution < 1.29 is 19.1 Å². The molecule has 10 heteroatoms. The van der Waals surface area contributed by atoms with Gasteiger partial charge in [-0.1, -0.05) is 48.5 Å². The van der Waals surface area contributed by atoms with Crippen molar-refractivity contribution >= 4 is 57.5 Å². The first-order valence-electron chi connectivity index (χ1n) is 13.7. The van der Waals surface area contributed by atoms with E-state index in [2.05, 4.69) is 15.3 Å². The van der Waals surface area contributed by atoms with E-state index < -0.39 is 11.8 Å². The van der Waals surface area contributed by atoms with E-state index in [-0.39, 0.29) is 17.3 Å². The molecule has 3 heterocycles.